The van der Waals surface area contributed by atoms with Gasteiger partial charge >= 0.3 is 0 Å². The van der Waals surface area contributed by atoms with Gasteiger partial charge < -0.3 is 14.8 Å². The molecule has 0 bridgehead atoms. The Morgan fingerprint density at radius 1 is 0.833 bits per heavy atom. The predicted octanol–water partition coefficient (Wildman–Crippen LogP) is 4.13. The topological polar surface area (TPSA) is 93.7 Å². The van der Waals surface area contributed by atoms with E-state index in [0.717, 1.165) is 16.9 Å². The van der Waals surface area contributed by atoms with Crippen molar-refractivity contribution >= 4 is 27.3 Å². The minimum Gasteiger partial charge on any atom is -0.497 e. The molecular weight excluding hydrogens is 404 g/mol. The number of hydrogen-bond donors (Lipinski definition) is 2. The highest BCUT2D eigenvalue weighted by Crippen LogP contribution is 2.34. The standard InChI is InChI=1S/C22H22N2O5S/c1-15(25)23-17-6-11-20(12-7-17)30(26,27)24-18-8-13-22(29-3)21(14-18)16-4-9-19(28-2)10-5-16/h4-14,24H,1-3H3,(H,23,25). The van der Waals surface area contributed by atoms with Crippen LogP contribution in [0.2, 0.25) is 0 Å². The molecule has 3 aromatic rings. The van der Waals surface area contributed by atoms with Gasteiger partial charge in [-0.15, -0.1) is 0 Å². The van der Waals surface area contributed by atoms with Gasteiger partial charge in [0.25, 0.3) is 10.0 Å². The summed E-state index contributed by atoms with van der Waals surface area (Å²) in [5.41, 5.74) is 2.51. The van der Waals surface area contributed by atoms with Gasteiger partial charge in [-0.3, -0.25) is 9.52 Å². The third-order valence-electron chi connectivity index (χ3n) is 4.34. The van der Waals surface area contributed by atoms with Crippen molar-refractivity contribution in [3.8, 4) is 22.6 Å². The van der Waals surface area contributed by atoms with Crippen LogP contribution in [-0.2, 0) is 14.8 Å². The van der Waals surface area contributed by atoms with E-state index in [1.165, 1.54) is 31.2 Å². The van der Waals surface area contributed by atoms with Gasteiger partial charge in [0.05, 0.1) is 19.1 Å². The van der Waals surface area contributed by atoms with Gasteiger partial charge in [0.2, 0.25) is 5.91 Å². The van der Waals surface area contributed by atoms with Crippen LogP contribution in [0.3, 0.4) is 0 Å². The van der Waals surface area contributed by atoms with E-state index in [9.17, 15) is 13.2 Å². The molecule has 0 fully saturated rings. The van der Waals surface area contributed by atoms with Crippen molar-refractivity contribution in [3.05, 3.63) is 66.7 Å². The van der Waals surface area contributed by atoms with E-state index in [1.807, 2.05) is 24.3 Å². The van der Waals surface area contributed by atoms with Crippen LogP contribution in [0.1, 0.15) is 6.92 Å². The molecule has 0 aliphatic carbocycles. The minimum absolute atomic E-state index is 0.0819. The van der Waals surface area contributed by atoms with E-state index in [1.54, 1.807) is 32.4 Å². The zero-order valence-corrected chi connectivity index (χ0v) is 17.6. The van der Waals surface area contributed by atoms with Crippen molar-refractivity contribution < 1.29 is 22.7 Å². The maximum Gasteiger partial charge on any atom is 0.261 e. The maximum absolute atomic E-state index is 12.8. The summed E-state index contributed by atoms with van der Waals surface area (Å²) in [6.45, 7) is 1.39. The van der Waals surface area contributed by atoms with Gasteiger partial charge in [-0.2, -0.15) is 0 Å². The second-order valence-corrected chi connectivity index (χ2v) is 8.14. The summed E-state index contributed by atoms with van der Waals surface area (Å²) in [4.78, 5) is 11.2. The van der Waals surface area contributed by atoms with Crippen LogP contribution in [0.15, 0.2) is 71.6 Å². The molecule has 0 aromatic heterocycles. The molecule has 3 rings (SSSR count). The van der Waals surface area contributed by atoms with E-state index in [-0.39, 0.29) is 10.8 Å². The number of benzene rings is 3. The summed E-state index contributed by atoms with van der Waals surface area (Å²) < 4.78 is 38.7. The van der Waals surface area contributed by atoms with Gasteiger partial charge in [-0.1, -0.05) is 12.1 Å². The fraction of sp³-hybridized carbons (Fsp3) is 0.136. The van der Waals surface area contributed by atoms with Crippen LogP contribution in [0.4, 0.5) is 11.4 Å². The fourth-order valence-electron chi connectivity index (χ4n) is 2.90. The van der Waals surface area contributed by atoms with E-state index in [4.69, 9.17) is 9.47 Å². The maximum atomic E-state index is 12.8. The van der Waals surface area contributed by atoms with Crippen LogP contribution in [-0.4, -0.2) is 28.5 Å². The normalized spacial score (nSPS) is 10.9. The zero-order chi connectivity index (χ0) is 21.7. The quantitative estimate of drug-likeness (QED) is 0.592. The minimum atomic E-state index is -3.81. The van der Waals surface area contributed by atoms with Gasteiger partial charge in [0, 0.05) is 23.9 Å². The van der Waals surface area contributed by atoms with Crippen molar-refractivity contribution in [1.29, 1.82) is 0 Å². The first-order valence-corrected chi connectivity index (χ1v) is 10.5. The van der Waals surface area contributed by atoms with Gasteiger partial charge in [0.15, 0.2) is 0 Å². The molecule has 2 N–H and O–H groups in total. The number of nitrogens with one attached hydrogen (secondary N) is 2. The zero-order valence-electron chi connectivity index (χ0n) is 16.8. The monoisotopic (exact) mass is 426 g/mol. The lowest BCUT2D eigenvalue weighted by molar-refractivity contribution is -0.114. The SMILES string of the molecule is COc1ccc(-c2cc(NS(=O)(=O)c3ccc(NC(C)=O)cc3)ccc2OC)cc1. The smallest absolute Gasteiger partial charge is 0.261 e. The average Bonchev–Trinajstić information content (AvgIpc) is 2.73. The number of rotatable bonds is 7. The lowest BCUT2D eigenvalue weighted by Gasteiger charge is -2.13. The van der Waals surface area contributed by atoms with Crippen LogP contribution in [0.5, 0.6) is 11.5 Å². The van der Waals surface area contributed by atoms with Gasteiger partial charge in [-0.05, 0) is 60.2 Å². The molecular formula is C22H22N2O5S. The summed E-state index contributed by atoms with van der Waals surface area (Å²) in [7, 11) is -0.662. The third-order valence-corrected chi connectivity index (χ3v) is 5.73. The first kappa shape index (κ1) is 21.2. The number of methoxy groups -OCH3 is 2. The van der Waals surface area contributed by atoms with E-state index < -0.39 is 10.0 Å². The van der Waals surface area contributed by atoms with E-state index in [0.29, 0.717) is 17.1 Å². The molecule has 0 heterocycles. The molecule has 1 amide bonds. The highest BCUT2D eigenvalue weighted by molar-refractivity contribution is 7.92. The molecule has 7 nitrogen and oxygen atoms in total. The molecule has 0 spiro atoms. The predicted molar refractivity (Wildman–Crippen MR) is 117 cm³/mol. The number of hydrogen-bond acceptors (Lipinski definition) is 5. The first-order valence-electron chi connectivity index (χ1n) is 9.05. The molecule has 0 radical (unpaired) electrons. The third kappa shape index (κ3) is 4.90. The van der Waals surface area contributed by atoms with Gasteiger partial charge in [-0.25, -0.2) is 8.42 Å². The van der Waals surface area contributed by atoms with Crippen molar-refractivity contribution in [2.45, 2.75) is 11.8 Å². The average molecular weight is 426 g/mol. The molecule has 0 saturated heterocycles. The van der Waals surface area contributed by atoms with Crippen LogP contribution >= 0.6 is 0 Å². The number of carbonyl (C=O) groups is 1. The Morgan fingerprint density at radius 3 is 2.03 bits per heavy atom. The Kier molecular flexibility index (Phi) is 6.27. The largest absolute Gasteiger partial charge is 0.497 e. The van der Waals surface area contributed by atoms with Crippen LogP contribution < -0.4 is 19.5 Å². The lowest BCUT2D eigenvalue weighted by Crippen LogP contribution is -2.13. The molecule has 156 valence electrons. The van der Waals surface area contributed by atoms with Crippen molar-refractivity contribution in [1.82, 2.24) is 0 Å². The Bertz CT molecular complexity index is 1140. The Balaban J connectivity index is 1.89. The second-order valence-electron chi connectivity index (χ2n) is 6.45. The lowest BCUT2D eigenvalue weighted by atomic mass is 10.0. The van der Waals surface area contributed by atoms with Crippen molar-refractivity contribution in [3.63, 3.8) is 0 Å². The fourth-order valence-corrected chi connectivity index (χ4v) is 3.95. The Morgan fingerprint density at radius 2 is 1.47 bits per heavy atom. The second kappa shape index (κ2) is 8.87. The van der Waals surface area contributed by atoms with Crippen molar-refractivity contribution in [2.75, 3.05) is 24.3 Å². The van der Waals surface area contributed by atoms with E-state index >= 15 is 0 Å². The summed E-state index contributed by atoms with van der Waals surface area (Å²) in [5.74, 6) is 1.10. The molecule has 0 saturated carbocycles. The number of sulfonamides is 1. The highest BCUT2D eigenvalue weighted by atomic mass is 32.2. The Hall–Kier alpha value is -3.52. The van der Waals surface area contributed by atoms with Crippen LogP contribution in [0, 0.1) is 0 Å². The molecule has 30 heavy (non-hydrogen) atoms. The van der Waals surface area contributed by atoms with Crippen LogP contribution in [0.25, 0.3) is 11.1 Å². The summed E-state index contributed by atoms with van der Waals surface area (Å²) >= 11 is 0. The molecule has 3 aromatic carbocycles. The number of ether oxygens (including phenoxy) is 2. The molecule has 0 aliphatic rings. The first-order chi connectivity index (χ1) is 14.3. The number of carbonyl (C=O) groups excluding carboxylic acids is 1. The number of anilines is 2. The molecule has 0 atom stereocenters. The molecule has 8 heteroatoms. The highest BCUT2D eigenvalue weighted by Gasteiger charge is 2.16. The van der Waals surface area contributed by atoms with E-state index in [2.05, 4.69) is 10.0 Å². The Labute approximate surface area is 175 Å². The molecule has 0 unspecified atom stereocenters. The summed E-state index contributed by atoms with van der Waals surface area (Å²) in [5, 5.41) is 2.60. The van der Waals surface area contributed by atoms with Gasteiger partial charge in [0.1, 0.15) is 11.5 Å². The summed E-state index contributed by atoms with van der Waals surface area (Å²) in [6.07, 6.45) is 0. The molecule has 0 aliphatic heterocycles. The summed E-state index contributed by atoms with van der Waals surface area (Å²) in [6, 6.07) is 18.4. The number of amides is 1. The van der Waals surface area contributed by atoms with Crippen molar-refractivity contribution in [2.24, 2.45) is 0 Å².